The number of alkyl halides is 3. The van der Waals surface area contributed by atoms with Crippen LogP contribution >= 0.6 is 0 Å². The zero-order valence-electron chi connectivity index (χ0n) is 13.7. The number of methoxy groups -OCH3 is 1. The molecule has 1 aromatic heterocycles. The number of halogens is 3. The molecule has 0 atom stereocenters. The van der Waals surface area contributed by atoms with Crippen LogP contribution in [0.15, 0.2) is 23.9 Å². The predicted molar refractivity (Wildman–Crippen MR) is 81.6 cm³/mol. The van der Waals surface area contributed by atoms with E-state index in [1.165, 1.54) is 13.3 Å². The number of esters is 1. The number of carbonyl (C=O) groups excluding carboxylic acids is 2. The molecule has 0 bridgehead atoms. The van der Waals surface area contributed by atoms with Crippen molar-refractivity contribution >= 4 is 17.4 Å². The topological polar surface area (TPSA) is 68.7 Å². The monoisotopic (exact) mass is 358 g/mol. The molecule has 0 fully saturated rings. The van der Waals surface area contributed by atoms with Gasteiger partial charge in [0.1, 0.15) is 0 Å². The average Bonchev–Trinajstić information content (AvgIpc) is 2.60. The Morgan fingerprint density at radius 1 is 1.36 bits per heavy atom. The lowest BCUT2D eigenvalue weighted by atomic mass is 9.93. The summed E-state index contributed by atoms with van der Waals surface area (Å²) in [5.74, 6) is -2.41. The number of pyridine rings is 1. The second kappa shape index (κ2) is 7.54. The van der Waals surface area contributed by atoms with Crippen molar-refractivity contribution in [3.8, 4) is 5.88 Å². The molecule has 25 heavy (non-hydrogen) atoms. The summed E-state index contributed by atoms with van der Waals surface area (Å²) in [5, 5.41) is 0. The van der Waals surface area contributed by atoms with Gasteiger partial charge in [0.25, 0.3) is 0 Å². The summed E-state index contributed by atoms with van der Waals surface area (Å²) in [4.78, 5) is 28.3. The van der Waals surface area contributed by atoms with Gasteiger partial charge in [0.2, 0.25) is 5.88 Å². The molecule has 0 unspecified atom stereocenters. The lowest BCUT2D eigenvalue weighted by molar-refractivity contribution is -0.185. The molecule has 2 rings (SSSR count). The Kier molecular flexibility index (Phi) is 5.66. The van der Waals surface area contributed by atoms with E-state index in [0.29, 0.717) is 21.9 Å². The summed E-state index contributed by atoms with van der Waals surface area (Å²) in [7, 11) is 1.43. The van der Waals surface area contributed by atoms with Crippen molar-refractivity contribution in [2.75, 3.05) is 26.8 Å². The van der Waals surface area contributed by atoms with Crippen LogP contribution in [-0.4, -0.2) is 54.7 Å². The molecule has 0 aliphatic carbocycles. The van der Waals surface area contributed by atoms with Crippen LogP contribution in [0.25, 0.3) is 5.57 Å². The molecule has 0 aromatic carbocycles. The summed E-state index contributed by atoms with van der Waals surface area (Å²) in [6.45, 7) is 1.05. The molecule has 1 aliphatic rings. The fraction of sp³-hybridized carbons (Fsp3) is 0.438. The van der Waals surface area contributed by atoms with Crippen LogP contribution in [0.4, 0.5) is 13.2 Å². The van der Waals surface area contributed by atoms with Crippen molar-refractivity contribution in [3.63, 3.8) is 0 Å². The van der Waals surface area contributed by atoms with E-state index in [0.717, 1.165) is 0 Å². The molecule has 0 radical (unpaired) electrons. The van der Waals surface area contributed by atoms with Gasteiger partial charge in [-0.1, -0.05) is 0 Å². The van der Waals surface area contributed by atoms with E-state index in [1.807, 2.05) is 0 Å². The van der Waals surface area contributed by atoms with Gasteiger partial charge in [-0.05, 0) is 30.5 Å². The Hall–Kier alpha value is -2.58. The number of hydrogen-bond donors (Lipinski definition) is 0. The fourth-order valence-corrected chi connectivity index (χ4v) is 2.55. The summed E-state index contributed by atoms with van der Waals surface area (Å²) < 4.78 is 48.0. The van der Waals surface area contributed by atoms with Crippen LogP contribution in [-0.2, 0) is 14.3 Å². The van der Waals surface area contributed by atoms with E-state index >= 15 is 0 Å². The molecule has 0 saturated carbocycles. The fourth-order valence-electron chi connectivity index (χ4n) is 2.55. The van der Waals surface area contributed by atoms with Gasteiger partial charge >= 0.3 is 18.1 Å². The summed E-state index contributed by atoms with van der Waals surface area (Å²) in [6.07, 6.45) is -3.43. The first-order valence-corrected chi connectivity index (χ1v) is 7.53. The highest BCUT2D eigenvalue weighted by molar-refractivity contribution is 6.00. The molecular formula is C16H17F3N2O4. The van der Waals surface area contributed by atoms with E-state index in [1.54, 1.807) is 19.1 Å². The first-order chi connectivity index (χ1) is 11.8. The van der Waals surface area contributed by atoms with E-state index < -0.39 is 24.6 Å². The molecule has 9 heteroatoms. The Balaban J connectivity index is 2.42. The van der Waals surface area contributed by atoms with E-state index in [9.17, 15) is 22.8 Å². The molecule has 0 saturated heterocycles. The molecule has 136 valence electrons. The second-order valence-corrected chi connectivity index (χ2v) is 5.24. The second-order valence-electron chi connectivity index (χ2n) is 5.24. The molecule has 1 aromatic rings. The van der Waals surface area contributed by atoms with E-state index in [2.05, 4.69) is 4.98 Å². The van der Waals surface area contributed by atoms with Gasteiger partial charge in [0.05, 0.1) is 25.8 Å². The summed E-state index contributed by atoms with van der Waals surface area (Å²) in [6, 6.07) is 3.20. The zero-order valence-corrected chi connectivity index (χ0v) is 13.7. The van der Waals surface area contributed by atoms with Gasteiger partial charge < -0.3 is 14.4 Å². The minimum Gasteiger partial charge on any atom is -0.481 e. The molecule has 1 amide bonds. The minimum atomic E-state index is -4.99. The third-order valence-corrected chi connectivity index (χ3v) is 3.69. The van der Waals surface area contributed by atoms with Crippen LogP contribution in [0, 0.1) is 0 Å². The van der Waals surface area contributed by atoms with Crippen LogP contribution in [0.1, 0.15) is 18.9 Å². The highest BCUT2D eigenvalue weighted by Crippen LogP contribution is 2.31. The minimum absolute atomic E-state index is 0.0268. The van der Waals surface area contributed by atoms with Gasteiger partial charge in [0.15, 0.2) is 0 Å². The molecule has 6 nitrogen and oxygen atoms in total. The van der Waals surface area contributed by atoms with Gasteiger partial charge in [-0.3, -0.25) is 4.79 Å². The van der Waals surface area contributed by atoms with E-state index in [4.69, 9.17) is 9.47 Å². The lowest BCUT2D eigenvalue weighted by Crippen LogP contribution is -2.45. The van der Waals surface area contributed by atoms with Crippen molar-refractivity contribution in [2.24, 2.45) is 0 Å². The van der Waals surface area contributed by atoms with Crippen LogP contribution in [0.5, 0.6) is 5.88 Å². The normalized spacial score (nSPS) is 15.2. The van der Waals surface area contributed by atoms with Crippen LogP contribution in [0.3, 0.4) is 0 Å². The smallest absolute Gasteiger partial charge is 0.471 e. The number of aromatic nitrogens is 1. The summed E-state index contributed by atoms with van der Waals surface area (Å²) >= 11 is 0. The predicted octanol–water partition coefficient (Wildman–Crippen LogP) is 2.20. The van der Waals surface area contributed by atoms with Crippen molar-refractivity contribution in [3.05, 3.63) is 29.5 Å². The summed E-state index contributed by atoms with van der Waals surface area (Å²) in [5.41, 5.74) is 1.14. The number of hydrogen-bond acceptors (Lipinski definition) is 5. The Morgan fingerprint density at radius 3 is 2.68 bits per heavy atom. The SMILES string of the molecule is CCOC(=O)C1=C(c2ccnc(OC)c2)CCN(C(=O)C(F)(F)F)C1. The van der Waals surface area contributed by atoms with Gasteiger partial charge in [0, 0.05) is 18.8 Å². The lowest BCUT2D eigenvalue weighted by Gasteiger charge is -2.30. The maximum absolute atomic E-state index is 12.7. The van der Waals surface area contributed by atoms with E-state index in [-0.39, 0.29) is 25.1 Å². The molecule has 0 spiro atoms. The maximum Gasteiger partial charge on any atom is 0.471 e. The molecular weight excluding hydrogens is 341 g/mol. The van der Waals surface area contributed by atoms with Crippen LogP contribution < -0.4 is 4.74 Å². The van der Waals surface area contributed by atoms with Crippen molar-refractivity contribution < 1.29 is 32.2 Å². The number of amides is 1. The largest absolute Gasteiger partial charge is 0.481 e. The Bertz CT molecular complexity index is 701. The quantitative estimate of drug-likeness (QED) is 0.772. The Labute approximate surface area is 142 Å². The average molecular weight is 358 g/mol. The third-order valence-electron chi connectivity index (χ3n) is 3.69. The standard InChI is InChI=1S/C16H17F3N2O4/c1-3-25-14(22)12-9-21(15(23)16(17,18)19)7-5-11(12)10-4-6-20-13(8-10)24-2/h4,6,8H,3,5,7,9H2,1-2H3. The maximum atomic E-state index is 12.7. The highest BCUT2D eigenvalue weighted by Gasteiger charge is 2.44. The molecule has 0 N–H and O–H groups in total. The van der Waals surface area contributed by atoms with Gasteiger partial charge in [-0.2, -0.15) is 13.2 Å². The first-order valence-electron chi connectivity index (χ1n) is 7.53. The number of ether oxygens (including phenoxy) is 2. The highest BCUT2D eigenvalue weighted by atomic mass is 19.4. The van der Waals surface area contributed by atoms with Crippen LogP contribution in [0.2, 0.25) is 0 Å². The zero-order chi connectivity index (χ0) is 18.6. The van der Waals surface area contributed by atoms with Crippen molar-refractivity contribution in [1.82, 2.24) is 9.88 Å². The number of rotatable bonds is 4. The molecule has 1 aliphatic heterocycles. The van der Waals surface area contributed by atoms with Gasteiger partial charge in [-0.15, -0.1) is 0 Å². The first kappa shape index (κ1) is 18.8. The van der Waals surface area contributed by atoms with Crippen molar-refractivity contribution in [2.45, 2.75) is 19.5 Å². The number of carbonyl (C=O) groups is 2. The molecule has 2 heterocycles. The third kappa shape index (κ3) is 4.28. The Morgan fingerprint density at radius 2 is 2.08 bits per heavy atom. The van der Waals surface area contributed by atoms with Crippen molar-refractivity contribution in [1.29, 1.82) is 0 Å². The van der Waals surface area contributed by atoms with Gasteiger partial charge in [-0.25, -0.2) is 9.78 Å². The number of nitrogens with zero attached hydrogens (tertiary/aromatic N) is 2.